The summed E-state index contributed by atoms with van der Waals surface area (Å²) in [6, 6.07) is 7.36. The molecule has 2 rings (SSSR count). The summed E-state index contributed by atoms with van der Waals surface area (Å²) in [6.45, 7) is 0. The summed E-state index contributed by atoms with van der Waals surface area (Å²) >= 11 is 5.87. The van der Waals surface area contributed by atoms with Gasteiger partial charge in [-0.3, -0.25) is 0 Å². The lowest BCUT2D eigenvalue weighted by Crippen LogP contribution is -1.99. The third-order valence-corrected chi connectivity index (χ3v) is 2.53. The van der Waals surface area contributed by atoms with Crippen LogP contribution in [0.3, 0.4) is 0 Å². The molecule has 1 aromatic carbocycles. The molecule has 0 bridgehead atoms. The number of nitrogens with two attached hydrogens (primary N) is 1. The van der Waals surface area contributed by atoms with Gasteiger partial charge in [0.15, 0.2) is 0 Å². The average molecular weight is 263 g/mol. The minimum Gasteiger partial charge on any atom is -0.397 e. The molecule has 0 unspecified atom stereocenters. The van der Waals surface area contributed by atoms with Crippen LogP contribution in [0.2, 0.25) is 5.02 Å². The highest BCUT2D eigenvalue weighted by atomic mass is 35.5. The van der Waals surface area contributed by atoms with Gasteiger partial charge in [0.25, 0.3) is 0 Å². The fraction of sp³-hybridized carbons (Fsp3) is 0. The van der Waals surface area contributed by atoms with Gasteiger partial charge in [0.1, 0.15) is 17.7 Å². The number of nitrogens with one attached hydrogen (secondary N) is 1. The zero-order valence-electron chi connectivity index (χ0n) is 9.11. The lowest BCUT2D eigenvalue weighted by atomic mass is 10.2. The Morgan fingerprint density at radius 1 is 1.39 bits per heavy atom. The molecule has 6 heteroatoms. The summed E-state index contributed by atoms with van der Waals surface area (Å²) in [5.41, 5.74) is 6.67. The molecular weight excluding hydrogens is 255 g/mol. The van der Waals surface area contributed by atoms with Gasteiger partial charge in [-0.05, 0) is 24.3 Å². The molecule has 0 aliphatic heterocycles. The van der Waals surface area contributed by atoms with E-state index in [-0.39, 0.29) is 10.6 Å². The molecule has 0 radical (unpaired) electrons. The number of halogens is 2. The third-order valence-electron chi connectivity index (χ3n) is 2.21. The Labute approximate surface area is 108 Å². The van der Waals surface area contributed by atoms with Crippen molar-refractivity contribution in [2.75, 3.05) is 11.1 Å². The number of rotatable bonds is 2. The molecule has 1 aromatic heterocycles. The number of nitriles is 1. The highest BCUT2D eigenvalue weighted by molar-refractivity contribution is 6.33. The second-order valence-corrected chi connectivity index (χ2v) is 3.93. The van der Waals surface area contributed by atoms with Crippen LogP contribution >= 0.6 is 11.6 Å². The van der Waals surface area contributed by atoms with E-state index < -0.39 is 5.82 Å². The Morgan fingerprint density at radius 3 is 2.83 bits per heavy atom. The number of aromatic nitrogens is 1. The molecular formula is C12H8ClFN4. The first-order valence-corrected chi connectivity index (χ1v) is 5.35. The molecule has 0 amide bonds. The molecule has 0 spiro atoms. The largest absolute Gasteiger partial charge is 0.397 e. The van der Waals surface area contributed by atoms with Gasteiger partial charge < -0.3 is 11.1 Å². The summed E-state index contributed by atoms with van der Waals surface area (Å²) in [4.78, 5) is 4.00. The maximum absolute atomic E-state index is 12.9. The molecule has 0 aliphatic rings. The van der Waals surface area contributed by atoms with Crippen molar-refractivity contribution in [1.29, 1.82) is 5.26 Å². The fourth-order valence-electron chi connectivity index (χ4n) is 1.38. The topological polar surface area (TPSA) is 74.7 Å². The standard InChI is InChI=1S/C12H8ClFN4/c13-10-4-8(14)1-2-11(10)18-12-7(5-15)3-9(16)6-17-12/h1-4,6H,16H2,(H,17,18). The maximum atomic E-state index is 12.9. The predicted octanol–water partition coefficient (Wildman–Crippen LogP) is 3.07. The first kappa shape index (κ1) is 12.1. The molecule has 3 N–H and O–H groups in total. The highest BCUT2D eigenvalue weighted by Crippen LogP contribution is 2.27. The van der Waals surface area contributed by atoms with E-state index in [2.05, 4.69) is 10.3 Å². The first-order valence-electron chi connectivity index (χ1n) is 4.98. The van der Waals surface area contributed by atoms with E-state index in [9.17, 15) is 4.39 Å². The third kappa shape index (κ3) is 2.50. The van der Waals surface area contributed by atoms with Crippen LogP contribution in [0.1, 0.15) is 5.56 Å². The molecule has 0 saturated carbocycles. The monoisotopic (exact) mass is 262 g/mol. The number of benzene rings is 1. The summed E-state index contributed by atoms with van der Waals surface area (Å²) in [6.07, 6.45) is 1.42. The summed E-state index contributed by atoms with van der Waals surface area (Å²) in [7, 11) is 0. The van der Waals surface area contributed by atoms with Gasteiger partial charge in [-0.2, -0.15) is 5.26 Å². The second-order valence-electron chi connectivity index (χ2n) is 3.53. The van der Waals surface area contributed by atoms with Crippen LogP contribution in [0, 0.1) is 17.1 Å². The smallest absolute Gasteiger partial charge is 0.148 e. The van der Waals surface area contributed by atoms with Crippen LogP contribution in [0.4, 0.5) is 21.6 Å². The number of pyridine rings is 1. The van der Waals surface area contributed by atoms with Gasteiger partial charge in [-0.1, -0.05) is 11.6 Å². The number of anilines is 3. The van der Waals surface area contributed by atoms with Crippen molar-refractivity contribution >= 4 is 28.8 Å². The van der Waals surface area contributed by atoms with Gasteiger partial charge in [0.2, 0.25) is 0 Å². The number of hydrogen-bond donors (Lipinski definition) is 2. The molecule has 1 heterocycles. The van der Waals surface area contributed by atoms with Crippen LogP contribution in [-0.4, -0.2) is 4.98 Å². The molecule has 0 aliphatic carbocycles. The van der Waals surface area contributed by atoms with Crippen LogP contribution in [0.5, 0.6) is 0 Å². The van der Waals surface area contributed by atoms with E-state index in [0.29, 0.717) is 17.2 Å². The van der Waals surface area contributed by atoms with Crippen molar-refractivity contribution in [3.05, 3.63) is 46.9 Å². The van der Waals surface area contributed by atoms with Crippen LogP contribution in [0.15, 0.2) is 30.5 Å². The van der Waals surface area contributed by atoms with E-state index in [1.165, 1.54) is 30.5 Å². The Balaban J connectivity index is 2.37. The van der Waals surface area contributed by atoms with E-state index in [0.717, 1.165) is 0 Å². The Bertz CT molecular complexity index is 636. The molecule has 4 nitrogen and oxygen atoms in total. The average Bonchev–Trinajstić information content (AvgIpc) is 2.34. The Hall–Kier alpha value is -2.32. The van der Waals surface area contributed by atoms with Crippen molar-refractivity contribution in [3.63, 3.8) is 0 Å². The van der Waals surface area contributed by atoms with Crippen LogP contribution in [-0.2, 0) is 0 Å². The van der Waals surface area contributed by atoms with E-state index in [1.807, 2.05) is 6.07 Å². The molecule has 90 valence electrons. The summed E-state index contributed by atoms with van der Waals surface area (Å²) in [5, 5.41) is 12.0. The van der Waals surface area contributed by atoms with Crippen LogP contribution < -0.4 is 11.1 Å². The maximum Gasteiger partial charge on any atom is 0.148 e. The summed E-state index contributed by atoms with van der Waals surface area (Å²) in [5.74, 6) is -0.114. The zero-order valence-corrected chi connectivity index (χ0v) is 9.87. The number of nitrogen functional groups attached to an aromatic ring is 1. The van der Waals surface area contributed by atoms with Crippen molar-refractivity contribution in [2.45, 2.75) is 0 Å². The van der Waals surface area contributed by atoms with Crippen molar-refractivity contribution in [2.24, 2.45) is 0 Å². The predicted molar refractivity (Wildman–Crippen MR) is 68.1 cm³/mol. The number of hydrogen-bond acceptors (Lipinski definition) is 4. The molecule has 18 heavy (non-hydrogen) atoms. The molecule has 0 saturated heterocycles. The Morgan fingerprint density at radius 2 is 2.17 bits per heavy atom. The molecule has 0 fully saturated rings. The SMILES string of the molecule is N#Cc1cc(N)cnc1Nc1ccc(F)cc1Cl. The minimum atomic E-state index is -0.434. The quantitative estimate of drug-likeness (QED) is 0.872. The van der Waals surface area contributed by atoms with Gasteiger partial charge in [-0.15, -0.1) is 0 Å². The van der Waals surface area contributed by atoms with Gasteiger partial charge in [0, 0.05) is 0 Å². The van der Waals surface area contributed by atoms with Gasteiger partial charge >= 0.3 is 0 Å². The lowest BCUT2D eigenvalue weighted by molar-refractivity contribution is 0.628. The van der Waals surface area contributed by atoms with Gasteiger partial charge in [0.05, 0.1) is 28.2 Å². The van der Waals surface area contributed by atoms with E-state index in [4.69, 9.17) is 22.6 Å². The first-order chi connectivity index (χ1) is 8.60. The van der Waals surface area contributed by atoms with Crippen molar-refractivity contribution < 1.29 is 4.39 Å². The lowest BCUT2D eigenvalue weighted by Gasteiger charge is -2.09. The highest BCUT2D eigenvalue weighted by Gasteiger charge is 2.07. The zero-order chi connectivity index (χ0) is 13.1. The van der Waals surface area contributed by atoms with Crippen molar-refractivity contribution in [1.82, 2.24) is 4.98 Å². The van der Waals surface area contributed by atoms with E-state index >= 15 is 0 Å². The van der Waals surface area contributed by atoms with Crippen LogP contribution in [0.25, 0.3) is 0 Å². The van der Waals surface area contributed by atoms with E-state index in [1.54, 1.807) is 0 Å². The fourth-order valence-corrected chi connectivity index (χ4v) is 1.60. The number of nitrogens with zero attached hydrogens (tertiary/aromatic N) is 2. The summed E-state index contributed by atoms with van der Waals surface area (Å²) < 4.78 is 12.9. The minimum absolute atomic E-state index is 0.206. The normalized spacial score (nSPS) is 9.83. The van der Waals surface area contributed by atoms with Crippen molar-refractivity contribution in [3.8, 4) is 6.07 Å². The Kier molecular flexibility index (Phi) is 3.31. The molecule has 0 atom stereocenters. The second kappa shape index (κ2) is 4.90. The molecule has 2 aromatic rings. The van der Waals surface area contributed by atoms with Gasteiger partial charge in [-0.25, -0.2) is 9.37 Å².